The summed E-state index contributed by atoms with van der Waals surface area (Å²) in [5.74, 6) is -1.42. The Morgan fingerprint density at radius 3 is 2.37 bits per heavy atom. The number of carbonyl (C=O) groups excluding carboxylic acids is 3. The summed E-state index contributed by atoms with van der Waals surface area (Å²) in [7, 11) is 1.47. The van der Waals surface area contributed by atoms with Crippen LogP contribution in [0.1, 0.15) is 35.3 Å². The predicted molar refractivity (Wildman–Crippen MR) is 115 cm³/mol. The molecular formula is C23H28N2O5. The first-order valence-electron chi connectivity index (χ1n) is 9.70. The molecular weight excluding hydrogens is 384 g/mol. The highest BCUT2D eigenvalue weighted by molar-refractivity contribution is 5.99. The van der Waals surface area contributed by atoms with Crippen molar-refractivity contribution < 1.29 is 23.9 Å². The third-order valence-corrected chi connectivity index (χ3v) is 4.56. The van der Waals surface area contributed by atoms with Crippen LogP contribution in [0.15, 0.2) is 42.5 Å². The zero-order valence-electron chi connectivity index (χ0n) is 17.9. The number of aryl methyl sites for hydroxylation is 2. The van der Waals surface area contributed by atoms with E-state index in [0.717, 1.165) is 11.1 Å². The predicted octanol–water partition coefficient (Wildman–Crippen LogP) is 3.25. The van der Waals surface area contributed by atoms with Gasteiger partial charge >= 0.3 is 5.97 Å². The molecule has 0 unspecified atom stereocenters. The summed E-state index contributed by atoms with van der Waals surface area (Å²) >= 11 is 0. The van der Waals surface area contributed by atoms with E-state index in [4.69, 9.17) is 9.47 Å². The topological polar surface area (TPSA) is 93.7 Å². The van der Waals surface area contributed by atoms with Crippen LogP contribution in [-0.4, -0.2) is 37.5 Å². The fourth-order valence-corrected chi connectivity index (χ4v) is 2.92. The quantitative estimate of drug-likeness (QED) is 0.649. The van der Waals surface area contributed by atoms with E-state index in [-0.39, 0.29) is 5.92 Å². The second kappa shape index (κ2) is 10.4. The highest BCUT2D eigenvalue weighted by Gasteiger charge is 2.27. The fraction of sp³-hybridized carbons (Fsp3) is 0.348. The van der Waals surface area contributed by atoms with Crippen LogP contribution in [0, 0.1) is 19.8 Å². The maximum absolute atomic E-state index is 12.6. The molecule has 1 atom stereocenters. The SMILES string of the molecule is COc1ccccc1C(=O)N[C@H](C(=O)OCC(=O)Nc1ccc(C)cc1C)C(C)C. The van der Waals surface area contributed by atoms with Gasteiger partial charge in [0, 0.05) is 5.69 Å². The molecule has 0 aliphatic heterocycles. The Morgan fingerprint density at radius 1 is 1.03 bits per heavy atom. The van der Waals surface area contributed by atoms with Crippen LogP contribution in [-0.2, 0) is 14.3 Å². The number of nitrogens with one attached hydrogen (secondary N) is 2. The second-order valence-corrected chi connectivity index (χ2v) is 7.37. The number of hydrogen-bond acceptors (Lipinski definition) is 5. The van der Waals surface area contributed by atoms with E-state index in [1.54, 1.807) is 44.2 Å². The van der Waals surface area contributed by atoms with Crippen molar-refractivity contribution >= 4 is 23.5 Å². The molecule has 7 nitrogen and oxygen atoms in total. The lowest BCUT2D eigenvalue weighted by molar-refractivity contribution is -0.150. The van der Waals surface area contributed by atoms with E-state index in [1.807, 2.05) is 26.0 Å². The molecule has 30 heavy (non-hydrogen) atoms. The van der Waals surface area contributed by atoms with Gasteiger partial charge in [0.05, 0.1) is 12.7 Å². The molecule has 0 aliphatic carbocycles. The molecule has 7 heteroatoms. The molecule has 2 aromatic rings. The van der Waals surface area contributed by atoms with Gasteiger partial charge in [-0.25, -0.2) is 4.79 Å². The number of anilines is 1. The highest BCUT2D eigenvalue weighted by atomic mass is 16.5. The number of benzene rings is 2. The van der Waals surface area contributed by atoms with Crippen LogP contribution < -0.4 is 15.4 Å². The van der Waals surface area contributed by atoms with Crippen LogP contribution in [0.2, 0.25) is 0 Å². The van der Waals surface area contributed by atoms with E-state index in [1.165, 1.54) is 7.11 Å². The average Bonchev–Trinajstić information content (AvgIpc) is 2.71. The summed E-state index contributed by atoms with van der Waals surface area (Å²) in [5.41, 5.74) is 2.97. The molecule has 2 aromatic carbocycles. The summed E-state index contributed by atoms with van der Waals surface area (Å²) in [6, 6.07) is 11.4. The average molecular weight is 412 g/mol. The number of methoxy groups -OCH3 is 1. The van der Waals surface area contributed by atoms with Crippen molar-refractivity contribution in [2.75, 3.05) is 19.0 Å². The van der Waals surface area contributed by atoms with E-state index in [0.29, 0.717) is 17.0 Å². The maximum atomic E-state index is 12.6. The first-order chi connectivity index (χ1) is 14.2. The van der Waals surface area contributed by atoms with Crippen molar-refractivity contribution in [3.05, 3.63) is 59.2 Å². The molecule has 0 saturated carbocycles. The Labute approximate surface area is 176 Å². The molecule has 2 N–H and O–H groups in total. The number of amides is 2. The van der Waals surface area contributed by atoms with Crippen LogP contribution in [0.5, 0.6) is 5.75 Å². The number of ether oxygens (including phenoxy) is 2. The van der Waals surface area contributed by atoms with Gasteiger partial charge in [0.1, 0.15) is 11.8 Å². The molecule has 0 spiro atoms. The van der Waals surface area contributed by atoms with Gasteiger partial charge in [-0.15, -0.1) is 0 Å². The lowest BCUT2D eigenvalue weighted by atomic mass is 10.0. The molecule has 0 fully saturated rings. The van der Waals surface area contributed by atoms with Gasteiger partial charge in [0.2, 0.25) is 0 Å². The zero-order chi connectivity index (χ0) is 22.3. The van der Waals surface area contributed by atoms with Crippen LogP contribution in [0.4, 0.5) is 5.69 Å². The van der Waals surface area contributed by atoms with Gasteiger partial charge in [0.25, 0.3) is 11.8 Å². The largest absolute Gasteiger partial charge is 0.496 e. The van der Waals surface area contributed by atoms with Gasteiger partial charge in [-0.05, 0) is 43.5 Å². The van der Waals surface area contributed by atoms with E-state index < -0.39 is 30.4 Å². The number of rotatable bonds is 8. The Hall–Kier alpha value is -3.35. The third kappa shape index (κ3) is 6.07. The molecule has 0 aliphatic rings. The minimum absolute atomic E-state index is 0.237. The van der Waals surface area contributed by atoms with Crippen molar-refractivity contribution in [3.63, 3.8) is 0 Å². The number of carbonyl (C=O) groups is 3. The molecule has 160 valence electrons. The Kier molecular flexibility index (Phi) is 7.98. The number of hydrogen-bond donors (Lipinski definition) is 2. The minimum Gasteiger partial charge on any atom is -0.496 e. The molecule has 0 saturated heterocycles. The zero-order valence-corrected chi connectivity index (χ0v) is 17.9. The Morgan fingerprint density at radius 2 is 1.73 bits per heavy atom. The van der Waals surface area contributed by atoms with Gasteiger partial charge in [-0.1, -0.05) is 43.7 Å². The third-order valence-electron chi connectivity index (χ3n) is 4.56. The molecule has 0 aromatic heterocycles. The normalized spacial score (nSPS) is 11.5. The summed E-state index contributed by atoms with van der Waals surface area (Å²) in [6.07, 6.45) is 0. The first-order valence-corrected chi connectivity index (χ1v) is 9.70. The molecule has 0 bridgehead atoms. The summed E-state index contributed by atoms with van der Waals surface area (Å²) in [4.78, 5) is 37.3. The maximum Gasteiger partial charge on any atom is 0.329 e. The van der Waals surface area contributed by atoms with E-state index in [2.05, 4.69) is 10.6 Å². The monoisotopic (exact) mass is 412 g/mol. The highest BCUT2D eigenvalue weighted by Crippen LogP contribution is 2.18. The molecule has 2 rings (SSSR count). The van der Waals surface area contributed by atoms with Crippen molar-refractivity contribution in [3.8, 4) is 5.75 Å². The van der Waals surface area contributed by atoms with Crippen molar-refractivity contribution in [2.45, 2.75) is 33.7 Å². The molecule has 0 radical (unpaired) electrons. The van der Waals surface area contributed by atoms with Crippen LogP contribution in [0.3, 0.4) is 0 Å². The Balaban J connectivity index is 1.98. The molecule has 2 amide bonds. The fourth-order valence-electron chi connectivity index (χ4n) is 2.92. The van der Waals surface area contributed by atoms with Gasteiger partial charge in [0.15, 0.2) is 6.61 Å². The van der Waals surface area contributed by atoms with Crippen LogP contribution in [0.25, 0.3) is 0 Å². The lowest BCUT2D eigenvalue weighted by Crippen LogP contribution is -2.46. The number of para-hydroxylation sites is 1. The van der Waals surface area contributed by atoms with Gasteiger partial charge in [-0.3, -0.25) is 9.59 Å². The van der Waals surface area contributed by atoms with Gasteiger partial charge < -0.3 is 20.1 Å². The summed E-state index contributed by atoms with van der Waals surface area (Å²) in [5, 5.41) is 5.39. The minimum atomic E-state index is -0.906. The first kappa shape index (κ1) is 22.9. The van der Waals surface area contributed by atoms with Crippen LogP contribution >= 0.6 is 0 Å². The molecule has 0 heterocycles. The lowest BCUT2D eigenvalue weighted by Gasteiger charge is -2.21. The van der Waals surface area contributed by atoms with Gasteiger partial charge in [-0.2, -0.15) is 0 Å². The van der Waals surface area contributed by atoms with Crippen molar-refractivity contribution in [1.29, 1.82) is 0 Å². The summed E-state index contributed by atoms with van der Waals surface area (Å²) in [6.45, 7) is 6.97. The van der Waals surface area contributed by atoms with E-state index in [9.17, 15) is 14.4 Å². The van der Waals surface area contributed by atoms with Crippen molar-refractivity contribution in [1.82, 2.24) is 5.32 Å². The smallest absolute Gasteiger partial charge is 0.329 e. The summed E-state index contributed by atoms with van der Waals surface area (Å²) < 4.78 is 10.4. The Bertz CT molecular complexity index is 924. The van der Waals surface area contributed by atoms with Crippen molar-refractivity contribution in [2.24, 2.45) is 5.92 Å². The van der Waals surface area contributed by atoms with E-state index >= 15 is 0 Å². The second-order valence-electron chi connectivity index (χ2n) is 7.37. The standard InChI is InChI=1S/C23H28N2O5/c1-14(2)21(25-22(27)17-8-6-7-9-19(17)29-5)23(28)30-13-20(26)24-18-11-10-15(3)12-16(18)4/h6-12,14,21H,13H2,1-5H3,(H,24,26)(H,25,27)/t21-/m0/s1. The number of esters is 1.